The number of carbonyl (C=O) groups excluding carboxylic acids is 1. The standard InChI is InChI=1S/C20H29FN4O/c1-16(2)20(3,15-22)23-19(26)14-25-10-6-9-24(11-12-25)13-17-7-4-5-8-18(17)21/h4-5,7-8,16H,6,9-14H2,1-3H3,(H,23,26). The van der Waals surface area contributed by atoms with E-state index in [1.807, 2.05) is 26.0 Å². The number of carbonyl (C=O) groups is 1. The van der Waals surface area contributed by atoms with Gasteiger partial charge in [0.15, 0.2) is 0 Å². The molecule has 26 heavy (non-hydrogen) atoms. The van der Waals surface area contributed by atoms with Gasteiger partial charge >= 0.3 is 0 Å². The van der Waals surface area contributed by atoms with Crippen molar-refractivity contribution in [2.75, 3.05) is 32.7 Å². The molecule has 0 saturated carbocycles. The fourth-order valence-electron chi connectivity index (χ4n) is 3.04. The molecule has 1 aromatic rings. The molecule has 2 rings (SSSR count). The van der Waals surface area contributed by atoms with E-state index in [9.17, 15) is 14.4 Å². The minimum absolute atomic E-state index is 0.0387. The Morgan fingerprint density at radius 1 is 1.27 bits per heavy atom. The molecule has 6 heteroatoms. The molecule has 0 spiro atoms. The first-order valence-corrected chi connectivity index (χ1v) is 9.24. The van der Waals surface area contributed by atoms with Gasteiger partial charge in [0.1, 0.15) is 11.4 Å². The smallest absolute Gasteiger partial charge is 0.235 e. The molecule has 1 aliphatic rings. The first-order chi connectivity index (χ1) is 12.3. The number of rotatable bonds is 6. The predicted molar refractivity (Wildman–Crippen MR) is 99.7 cm³/mol. The van der Waals surface area contributed by atoms with Gasteiger partial charge in [-0.25, -0.2) is 4.39 Å². The maximum atomic E-state index is 13.8. The molecule has 1 unspecified atom stereocenters. The fraction of sp³-hybridized carbons (Fsp3) is 0.600. The topological polar surface area (TPSA) is 59.4 Å². The average Bonchev–Trinajstić information content (AvgIpc) is 2.82. The molecular weight excluding hydrogens is 331 g/mol. The summed E-state index contributed by atoms with van der Waals surface area (Å²) >= 11 is 0. The number of nitrogens with zero attached hydrogens (tertiary/aromatic N) is 3. The number of hydrogen-bond acceptors (Lipinski definition) is 4. The molecule has 1 heterocycles. The Morgan fingerprint density at radius 3 is 2.58 bits per heavy atom. The second-order valence-corrected chi connectivity index (χ2v) is 7.51. The second kappa shape index (κ2) is 9.11. The summed E-state index contributed by atoms with van der Waals surface area (Å²) < 4.78 is 13.8. The van der Waals surface area contributed by atoms with Gasteiger partial charge in [0, 0.05) is 25.2 Å². The molecular formula is C20H29FN4O. The molecule has 142 valence electrons. The third-order valence-corrected chi connectivity index (χ3v) is 5.19. The van der Waals surface area contributed by atoms with Gasteiger partial charge in [0.25, 0.3) is 0 Å². The van der Waals surface area contributed by atoms with Crippen molar-refractivity contribution >= 4 is 5.91 Å². The number of nitrogens with one attached hydrogen (secondary N) is 1. The van der Waals surface area contributed by atoms with Crippen molar-refractivity contribution in [3.05, 3.63) is 35.6 Å². The van der Waals surface area contributed by atoms with Crippen LogP contribution in [0, 0.1) is 23.1 Å². The van der Waals surface area contributed by atoms with Crippen molar-refractivity contribution in [1.82, 2.24) is 15.1 Å². The Kier molecular flexibility index (Phi) is 7.13. The summed E-state index contributed by atoms with van der Waals surface area (Å²) in [6.45, 7) is 9.75. The lowest BCUT2D eigenvalue weighted by atomic mass is 9.90. The van der Waals surface area contributed by atoms with E-state index >= 15 is 0 Å². The van der Waals surface area contributed by atoms with Crippen LogP contribution in [-0.2, 0) is 11.3 Å². The van der Waals surface area contributed by atoms with Gasteiger partial charge < -0.3 is 5.32 Å². The highest BCUT2D eigenvalue weighted by atomic mass is 19.1. The summed E-state index contributed by atoms with van der Waals surface area (Å²) in [6, 6.07) is 9.07. The van der Waals surface area contributed by atoms with Crippen molar-refractivity contribution in [3.63, 3.8) is 0 Å². The van der Waals surface area contributed by atoms with Crippen LogP contribution in [-0.4, -0.2) is 54.0 Å². The summed E-state index contributed by atoms with van der Waals surface area (Å²) in [5.74, 6) is -0.250. The molecule has 1 aliphatic heterocycles. The maximum absolute atomic E-state index is 13.8. The van der Waals surface area contributed by atoms with E-state index < -0.39 is 5.54 Å². The summed E-state index contributed by atoms with van der Waals surface area (Å²) in [5.41, 5.74) is -0.139. The third-order valence-electron chi connectivity index (χ3n) is 5.19. The largest absolute Gasteiger partial charge is 0.337 e. The lowest BCUT2D eigenvalue weighted by Crippen LogP contribution is -2.52. The Labute approximate surface area is 155 Å². The SMILES string of the molecule is CC(C)C(C)(C#N)NC(=O)CN1CCCN(Cc2ccccc2F)CC1. The molecule has 1 aromatic carbocycles. The fourth-order valence-corrected chi connectivity index (χ4v) is 3.04. The number of halogens is 1. The zero-order valence-corrected chi connectivity index (χ0v) is 16.0. The average molecular weight is 360 g/mol. The molecule has 0 aromatic heterocycles. The van der Waals surface area contributed by atoms with E-state index in [-0.39, 0.29) is 24.2 Å². The molecule has 0 bridgehead atoms. The van der Waals surface area contributed by atoms with E-state index in [2.05, 4.69) is 21.2 Å². The van der Waals surface area contributed by atoms with Crippen LogP contribution >= 0.6 is 0 Å². The van der Waals surface area contributed by atoms with Crippen molar-refractivity contribution in [1.29, 1.82) is 5.26 Å². The van der Waals surface area contributed by atoms with Gasteiger partial charge in [0.2, 0.25) is 5.91 Å². The Hall–Kier alpha value is -1.97. The summed E-state index contributed by atoms with van der Waals surface area (Å²) in [7, 11) is 0. The number of benzene rings is 1. The quantitative estimate of drug-likeness (QED) is 0.846. The van der Waals surface area contributed by atoms with Crippen LogP contribution in [0.3, 0.4) is 0 Å². The minimum atomic E-state index is -0.847. The predicted octanol–water partition coefficient (Wildman–Crippen LogP) is 2.39. The van der Waals surface area contributed by atoms with Crippen molar-refractivity contribution in [2.24, 2.45) is 5.92 Å². The molecule has 1 amide bonds. The van der Waals surface area contributed by atoms with Gasteiger partial charge in [-0.2, -0.15) is 5.26 Å². The molecule has 0 radical (unpaired) electrons. The summed E-state index contributed by atoms with van der Waals surface area (Å²) in [4.78, 5) is 16.7. The molecule has 1 atom stereocenters. The van der Waals surface area contributed by atoms with Gasteiger partial charge in [0.05, 0.1) is 12.6 Å². The highest BCUT2D eigenvalue weighted by Crippen LogP contribution is 2.15. The van der Waals surface area contributed by atoms with Crippen LogP contribution in [0.15, 0.2) is 24.3 Å². The van der Waals surface area contributed by atoms with Crippen LogP contribution < -0.4 is 5.32 Å². The Balaban J connectivity index is 1.86. The zero-order valence-electron chi connectivity index (χ0n) is 16.0. The van der Waals surface area contributed by atoms with E-state index in [0.717, 1.165) is 32.6 Å². The molecule has 5 nitrogen and oxygen atoms in total. The van der Waals surface area contributed by atoms with E-state index in [0.29, 0.717) is 12.1 Å². The van der Waals surface area contributed by atoms with Crippen LogP contribution in [0.4, 0.5) is 4.39 Å². The highest BCUT2D eigenvalue weighted by Gasteiger charge is 2.30. The number of nitriles is 1. The van der Waals surface area contributed by atoms with E-state index in [4.69, 9.17) is 0 Å². The molecule has 1 fully saturated rings. The van der Waals surface area contributed by atoms with Gasteiger partial charge in [-0.3, -0.25) is 14.6 Å². The zero-order chi connectivity index (χ0) is 19.2. The Morgan fingerprint density at radius 2 is 1.92 bits per heavy atom. The van der Waals surface area contributed by atoms with Crippen LogP contribution in [0.1, 0.15) is 32.8 Å². The molecule has 1 saturated heterocycles. The minimum Gasteiger partial charge on any atom is -0.337 e. The van der Waals surface area contributed by atoms with Crippen molar-refractivity contribution in [2.45, 2.75) is 39.3 Å². The summed E-state index contributed by atoms with van der Waals surface area (Å²) in [6.07, 6.45) is 0.932. The first kappa shape index (κ1) is 20.3. The monoisotopic (exact) mass is 360 g/mol. The van der Waals surface area contributed by atoms with Crippen LogP contribution in [0.5, 0.6) is 0 Å². The number of amides is 1. The van der Waals surface area contributed by atoms with Crippen molar-refractivity contribution in [3.8, 4) is 6.07 Å². The first-order valence-electron chi connectivity index (χ1n) is 9.24. The lowest BCUT2D eigenvalue weighted by Gasteiger charge is -2.29. The third kappa shape index (κ3) is 5.52. The molecule has 0 aliphatic carbocycles. The normalized spacial score (nSPS) is 18.8. The van der Waals surface area contributed by atoms with E-state index in [1.165, 1.54) is 6.07 Å². The second-order valence-electron chi connectivity index (χ2n) is 7.51. The number of hydrogen-bond donors (Lipinski definition) is 1. The van der Waals surface area contributed by atoms with E-state index in [1.54, 1.807) is 13.0 Å². The van der Waals surface area contributed by atoms with Gasteiger partial charge in [-0.1, -0.05) is 32.0 Å². The van der Waals surface area contributed by atoms with Crippen LogP contribution in [0.25, 0.3) is 0 Å². The van der Waals surface area contributed by atoms with Gasteiger partial charge in [-0.05, 0) is 38.4 Å². The highest BCUT2D eigenvalue weighted by molar-refractivity contribution is 5.79. The van der Waals surface area contributed by atoms with Gasteiger partial charge in [-0.15, -0.1) is 0 Å². The molecule has 1 N–H and O–H groups in total. The summed E-state index contributed by atoms with van der Waals surface area (Å²) in [5, 5.41) is 12.2. The van der Waals surface area contributed by atoms with Crippen molar-refractivity contribution < 1.29 is 9.18 Å². The maximum Gasteiger partial charge on any atom is 0.235 e. The Bertz CT molecular complexity index is 657. The lowest BCUT2D eigenvalue weighted by molar-refractivity contribution is -0.123. The van der Waals surface area contributed by atoms with Crippen LogP contribution in [0.2, 0.25) is 0 Å².